The lowest BCUT2D eigenvalue weighted by Gasteiger charge is -2.28. The Balaban J connectivity index is 1.57. The van der Waals surface area contributed by atoms with Gasteiger partial charge in [-0.2, -0.15) is 0 Å². The monoisotopic (exact) mass is 384 g/mol. The third-order valence-corrected chi connectivity index (χ3v) is 5.40. The van der Waals surface area contributed by atoms with Gasteiger partial charge in [0.15, 0.2) is 17.3 Å². The number of aromatic amines is 1. The maximum absolute atomic E-state index is 12.2. The van der Waals surface area contributed by atoms with Crippen LogP contribution in [-0.4, -0.2) is 35.8 Å². The van der Waals surface area contributed by atoms with Crippen molar-refractivity contribution in [2.45, 2.75) is 58.1 Å². The van der Waals surface area contributed by atoms with Gasteiger partial charge >= 0.3 is 0 Å². The molecule has 0 radical (unpaired) electrons. The Hall–Kier alpha value is -2.70. The van der Waals surface area contributed by atoms with E-state index in [1.54, 1.807) is 7.11 Å². The molecule has 1 aromatic heterocycles. The van der Waals surface area contributed by atoms with E-state index < -0.39 is 0 Å². The lowest BCUT2D eigenvalue weighted by molar-refractivity contribution is 0.0942. The molecule has 2 aliphatic rings. The Labute approximate surface area is 165 Å². The maximum Gasteiger partial charge on any atom is 0.272 e. The predicted molar refractivity (Wildman–Crippen MR) is 107 cm³/mol. The van der Waals surface area contributed by atoms with Gasteiger partial charge in [-0.3, -0.25) is 4.79 Å². The van der Waals surface area contributed by atoms with Crippen molar-refractivity contribution in [3.63, 3.8) is 0 Å². The number of hydrogen-bond acceptors (Lipinski definition) is 5. The summed E-state index contributed by atoms with van der Waals surface area (Å²) in [4.78, 5) is 22.1. The zero-order chi connectivity index (χ0) is 19.7. The van der Waals surface area contributed by atoms with E-state index >= 15 is 0 Å². The van der Waals surface area contributed by atoms with Crippen LogP contribution in [0.2, 0.25) is 0 Å². The molecule has 2 heterocycles. The number of carbonyl (C=O) groups excluding carboxylic acids is 1. The lowest BCUT2D eigenvalue weighted by atomic mass is 10.1. The van der Waals surface area contributed by atoms with E-state index in [0.29, 0.717) is 24.7 Å². The van der Waals surface area contributed by atoms with E-state index in [1.807, 2.05) is 18.2 Å². The predicted octanol–water partition coefficient (Wildman–Crippen LogP) is 3.57. The Morgan fingerprint density at radius 1 is 1.25 bits per heavy atom. The number of benzene rings is 1. The van der Waals surface area contributed by atoms with Gasteiger partial charge in [0.05, 0.1) is 19.9 Å². The molecule has 7 nitrogen and oxygen atoms in total. The van der Waals surface area contributed by atoms with Crippen molar-refractivity contribution >= 4 is 11.7 Å². The summed E-state index contributed by atoms with van der Waals surface area (Å²) < 4.78 is 11.7. The molecule has 150 valence electrons. The second-order valence-electron chi connectivity index (χ2n) is 7.85. The average Bonchev–Trinajstić information content (AvgIpc) is 3.35. The van der Waals surface area contributed by atoms with Crippen molar-refractivity contribution in [3.8, 4) is 11.5 Å². The van der Waals surface area contributed by atoms with Crippen molar-refractivity contribution in [2.24, 2.45) is 0 Å². The maximum atomic E-state index is 12.2. The average molecular weight is 384 g/mol. The van der Waals surface area contributed by atoms with Crippen LogP contribution in [0.5, 0.6) is 11.5 Å². The second-order valence-corrected chi connectivity index (χ2v) is 7.85. The number of imidazole rings is 1. The second kappa shape index (κ2) is 7.73. The molecule has 1 aliphatic carbocycles. The molecule has 0 bridgehead atoms. The standard InChI is InChI=1S/C21H28N4O3/c1-13(2)19-23-18-20(24-19)25(12-22-21(18)26)11-14-8-9-16(27-3)17(10-14)28-15-6-4-5-7-15/h8-10,13,15H,4-7,11-12H2,1-3H3,(H,22,26)(H,23,24). The number of ether oxygens (including phenoxy) is 2. The fourth-order valence-corrected chi connectivity index (χ4v) is 3.82. The molecular weight excluding hydrogens is 356 g/mol. The summed E-state index contributed by atoms with van der Waals surface area (Å²) in [7, 11) is 1.67. The van der Waals surface area contributed by atoms with Gasteiger partial charge in [0.1, 0.15) is 11.5 Å². The molecule has 1 aromatic carbocycles. The van der Waals surface area contributed by atoms with Gasteiger partial charge in [0, 0.05) is 12.5 Å². The van der Waals surface area contributed by atoms with Crippen LogP contribution in [0.25, 0.3) is 0 Å². The largest absolute Gasteiger partial charge is 0.493 e. The van der Waals surface area contributed by atoms with E-state index in [-0.39, 0.29) is 17.9 Å². The summed E-state index contributed by atoms with van der Waals surface area (Å²) in [5.74, 6) is 3.20. The van der Waals surface area contributed by atoms with Crippen LogP contribution < -0.4 is 19.7 Å². The number of fused-ring (bicyclic) bond motifs is 1. The molecule has 1 amide bonds. The number of nitrogens with one attached hydrogen (secondary N) is 2. The molecule has 1 fully saturated rings. The summed E-state index contributed by atoms with van der Waals surface area (Å²) in [6, 6.07) is 6.03. The third kappa shape index (κ3) is 3.66. The quantitative estimate of drug-likeness (QED) is 0.796. The number of anilines is 1. The van der Waals surface area contributed by atoms with Crippen molar-refractivity contribution in [1.82, 2.24) is 15.3 Å². The van der Waals surface area contributed by atoms with Gasteiger partial charge in [0.2, 0.25) is 0 Å². The molecule has 0 saturated heterocycles. The molecule has 1 saturated carbocycles. The summed E-state index contributed by atoms with van der Waals surface area (Å²) in [6.07, 6.45) is 4.91. The zero-order valence-corrected chi connectivity index (χ0v) is 16.7. The number of rotatable bonds is 6. The van der Waals surface area contributed by atoms with Gasteiger partial charge in [-0.25, -0.2) is 4.98 Å². The number of H-pyrrole nitrogens is 1. The van der Waals surface area contributed by atoms with Gasteiger partial charge < -0.3 is 24.7 Å². The van der Waals surface area contributed by atoms with Gasteiger partial charge in [0.25, 0.3) is 5.91 Å². The van der Waals surface area contributed by atoms with Crippen LogP contribution in [0.15, 0.2) is 18.2 Å². The lowest BCUT2D eigenvalue weighted by Crippen LogP contribution is -2.43. The van der Waals surface area contributed by atoms with Crippen LogP contribution in [0, 0.1) is 0 Å². The minimum Gasteiger partial charge on any atom is -0.493 e. The van der Waals surface area contributed by atoms with E-state index in [2.05, 4.69) is 34.0 Å². The first-order valence-corrected chi connectivity index (χ1v) is 10.0. The van der Waals surface area contributed by atoms with Crippen molar-refractivity contribution in [2.75, 3.05) is 18.7 Å². The van der Waals surface area contributed by atoms with Gasteiger partial charge in [-0.1, -0.05) is 19.9 Å². The van der Waals surface area contributed by atoms with Crippen LogP contribution in [0.4, 0.5) is 5.82 Å². The minimum atomic E-state index is -0.106. The van der Waals surface area contributed by atoms with Crippen LogP contribution in [0.3, 0.4) is 0 Å². The third-order valence-electron chi connectivity index (χ3n) is 5.40. The number of methoxy groups -OCH3 is 1. The van der Waals surface area contributed by atoms with Crippen molar-refractivity contribution in [3.05, 3.63) is 35.3 Å². The Kier molecular flexibility index (Phi) is 5.15. The van der Waals surface area contributed by atoms with Gasteiger partial charge in [-0.15, -0.1) is 0 Å². The molecule has 2 N–H and O–H groups in total. The molecule has 1 aliphatic heterocycles. The normalized spacial score (nSPS) is 17.0. The number of amides is 1. The number of nitrogens with zero attached hydrogens (tertiary/aromatic N) is 2. The Morgan fingerprint density at radius 2 is 2.04 bits per heavy atom. The highest BCUT2D eigenvalue weighted by Crippen LogP contribution is 2.33. The molecular formula is C21H28N4O3. The number of hydrogen-bond donors (Lipinski definition) is 2. The molecule has 0 atom stereocenters. The van der Waals surface area contributed by atoms with Crippen molar-refractivity contribution < 1.29 is 14.3 Å². The van der Waals surface area contributed by atoms with E-state index in [4.69, 9.17) is 9.47 Å². The highest BCUT2D eigenvalue weighted by Gasteiger charge is 2.28. The van der Waals surface area contributed by atoms with Crippen LogP contribution in [0.1, 0.15) is 67.3 Å². The first kappa shape index (κ1) is 18.7. The SMILES string of the molecule is COc1ccc(CN2CNC(=O)c3[nH]c(C(C)C)nc32)cc1OC1CCCC1. The fourth-order valence-electron chi connectivity index (χ4n) is 3.82. The smallest absolute Gasteiger partial charge is 0.272 e. The van der Waals surface area contributed by atoms with E-state index in [9.17, 15) is 4.79 Å². The molecule has 0 unspecified atom stereocenters. The first-order chi connectivity index (χ1) is 13.5. The molecule has 0 spiro atoms. The van der Waals surface area contributed by atoms with Gasteiger partial charge in [-0.05, 0) is 43.4 Å². The van der Waals surface area contributed by atoms with Crippen molar-refractivity contribution in [1.29, 1.82) is 0 Å². The number of carbonyl (C=O) groups is 1. The molecule has 4 rings (SSSR count). The molecule has 28 heavy (non-hydrogen) atoms. The Morgan fingerprint density at radius 3 is 2.75 bits per heavy atom. The van der Waals surface area contributed by atoms with Crippen LogP contribution in [-0.2, 0) is 6.54 Å². The highest BCUT2D eigenvalue weighted by molar-refractivity contribution is 5.98. The van der Waals surface area contributed by atoms with E-state index in [1.165, 1.54) is 12.8 Å². The Bertz CT molecular complexity index is 855. The first-order valence-electron chi connectivity index (χ1n) is 10.0. The summed E-state index contributed by atoms with van der Waals surface area (Å²) in [6.45, 7) is 5.17. The summed E-state index contributed by atoms with van der Waals surface area (Å²) in [5.41, 5.74) is 1.62. The zero-order valence-electron chi connectivity index (χ0n) is 16.7. The summed E-state index contributed by atoms with van der Waals surface area (Å²) >= 11 is 0. The van der Waals surface area contributed by atoms with E-state index in [0.717, 1.165) is 35.7 Å². The minimum absolute atomic E-state index is 0.106. The summed E-state index contributed by atoms with van der Waals surface area (Å²) in [5, 5.41) is 2.92. The topological polar surface area (TPSA) is 79.5 Å². The molecule has 7 heteroatoms. The fraction of sp³-hybridized carbons (Fsp3) is 0.524. The number of aromatic nitrogens is 2. The van der Waals surface area contributed by atoms with Crippen LogP contribution >= 0.6 is 0 Å². The highest BCUT2D eigenvalue weighted by atomic mass is 16.5. The molecule has 2 aromatic rings.